The van der Waals surface area contributed by atoms with E-state index in [1.165, 1.54) is 5.56 Å². The molecule has 0 spiro atoms. The Morgan fingerprint density at radius 2 is 2.17 bits per heavy atom. The minimum absolute atomic E-state index is 0.0730. The van der Waals surface area contributed by atoms with Crippen molar-refractivity contribution in [2.75, 3.05) is 19.7 Å². The van der Waals surface area contributed by atoms with Crippen LogP contribution in [-0.4, -0.2) is 42.6 Å². The first-order valence-corrected chi connectivity index (χ1v) is 8.89. The van der Waals surface area contributed by atoms with Crippen LogP contribution in [0.1, 0.15) is 38.3 Å². The summed E-state index contributed by atoms with van der Waals surface area (Å²) in [5, 5.41) is 2.94. The fraction of sp³-hybridized carbons (Fsp3) is 0.632. The van der Waals surface area contributed by atoms with E-state index in [0.29, 0.717) is 25.0 Å². The van der Waals surface area contributed by atoms with Crippen molar-refractivity contribution in [2.45, 2.75) is 52.4 Å². The van der Waals surface area contributed by atoms with Gasteiger partial charge in [-0.2, -0.15) is 0 Å². The summed E-state index contributed by atoms with van der Waals surface area (Å²) in [4.78, 5) is 14.4. The smallest absolute Gasteiger partial charge is 0.237 e. The molecule has 1 aliphatic heterocycles. The molecule has 0 radical (unpaired) electrons. The first-order valence-electron chi connectivity index (χ1n) is 8.89. The average Bonchev–Trinajstić information content (AvgIpc) is 2.52. The Morgan fingerprint density at radius 1 is 1.42 bits per heavy atom. The zero-order chi connectivity index (χ0) is 17.5. The highest BCUT2D eigenvalue weighted by atomic mass is 16.5. The minimum Gasteiger partial charge on any atom is -0.376 e. The number of amides is 1. The van der Waals surface area contributed by atoms with Gasteiger partial charge in [-0.05, 0) is 30.4 Å². The molecule has 0 bridgehead atoms. The van der Waals surface area contributed by atoms with E-state index in [9.17, 15) is 4.79 Å². The van der Waals surface area contributed by atoms with E-state index in [4.69, 9.17) is 10.5 Å². The molecule has 1 heterocycles. The van der Waals surface area contributed by atoms with Crippen molar-refractivity contribution >= 4 is 5.91 Å². The zero-order valence-electron chi connectivity index (χ0n) is 15.1. The van der Waals surface area contributed by atoms with Crippen molar-refractivity contribution in [1.82, 2.24) is 10.2 Å². The maximum atomic E-state index is 12.0. The fourth-order valence-corrected chi connectivity index (χ4v) is 3.07. The molecule has 2 rings (SSSR count). The van der Waals surface area contributed by atoms with E-state index >= 15 is 0 Å². The lowest BCUT2D eigenvalue weighted by molar-refractivity contribution is -0.122. The van der Waals surface area contributed by atoms with E-state index in [2.05, 4.69) is 49.2 Å². The van der Waals surface area contributed by atoms with Gasteiger partial charge < -0.3 is 15.8 Å². The summed E-state index contributed by atoms with van der Waals surface area (Å²) in [5.41, 5.74) is 8.29. The van der Waals surface area contributed by atoms with Crippen LogP contribution in [-0.2, 0) is 22.6 Å². The molecule has 2 atom stereocenters. The number of hydrogen-bond acceptors (Lipinski definition) is 4. The maximum Gasteiger partial charge on any atom is 0.237 e. The Hall–Kier alpha value is -1.43. The largest absolute Gasteiger partial charge is 0.376 e. The van der Waals surface area contributed by atoms with Crippen LogP contribution in [0.5, 0.6) is 0 Å². The van der Waals surface area contributed by atoms with Gasteiger partial charge in [0.15, 0.2) is 0 Å². The number of morpholine rings is 1. The van der Waals surface area contributed by atoms with Gasteiger partial charge in [0, 0.05) is 26.2 Å². The SMILES string of the molecule is CC(C)C[C@H](N)C(=O)NCc1cccc(CN2CCOC(C)C2)c1. The lowest BCUT2D eigenvalue weighted by Gasteiger charge is -2.31. The van der Waals surface area contributed by atoms with Gasteiger partial charge in [-0.15, -0.1) is 0 Å². The molecule has 24 heavy (non-hydrogen) atoms. The number of carbonyl (C=O) groups is 1. The summed E-state index contributed by atoms with van der Waals surface area (Å²) < 4.78 is 5.58. The van der Waals surface area contributed by atoms with E-state index in [1.54, 1.807) is 0 Å². The number of nitrogens with one attached hydrogen (secondary N) is 1. The molecule has 1 aliphatic rings. The quantitative estimate of drug-likeness (QED) is 0.800. The topological polar surface area (TPSA) is 67.6 Å². The molecule has 3 N–H and O–H groups in total. The van der Waals surface area contributed by atoms with Gasteiger partial charge in [-0.25, -0.2) is 0 Å². The highest BCUT2D eigenvalue weighted by Gasteiger charge is 2.17. The molecule has 1 amide bonds. The average molecular weight is 333 g/mol. The van der Waals surface area contributed by atoms with Crippen molar-refractivity contribution in [3.05, 3.63) is 35.4 Å². The Kier molecular flexibility index (Phi) is 7.21. The second kappa shape index (κ2) is 9.16. The third kappa shape index (κ3) is 6.23. The molecular formula is C19H31N3O2. The van der Waals surface area contributed by atoms with E-state index in [1.807, 2.05) is 6.07 Å². The van der Waals surface area contributed by atoms with Crippen LogP contribution in [0, 0.1) is 5.92 Å². The van der Waals surface area contributed by atoms with Crippen molar-refractivity contribution in [1.29, 1.82) is 0 Å². The van der Waals surface area contributed by atoms with Crippen LogP contribution in [0.4, 0.5) is 0 Å². The first-order chi connectivity index (χ1) is 11.4. The minimum atomic E-state index is -0.428. The molecule has 1 aromatic carbocycles. The van der Waals surface area contributed by atoms with Crippen molar-refractivity contribution in [3.63, 3.8) is 0 Å². The summed E-state index contributed by atoms with van der Waals surface area (Å²) >= 11 is 0. The third-order valence-corrected chi connectivity index (χ3v) is 4.25. The summed E-state index contributed by atoms with van der Waals surface area (Å²) in [7, 11) is 0. The van der Waals surface area contributed by atoms with Crippen LogP contribution in [0.15, 0.2) is 24.3 Å². The van der Waals surface area contributed by atoms with Gasteiger partial charge in [-0.1, -0.05) is 38.1 Å². The monoisotopic (exact) mass is 333 g/mol. The van der Waals surface area contributed by atoms with Gasteiger partial charge in [-0.3, -0.25) is 9.69 Å². The molecule has 1 aromatic rings. The van der Waals surface area contributed by atoms with Crippen molar-refractivity contribution in [3.8, 4) is 0 Å². The number of carbonyl (C=O) groups excluding carboxylic acids is 1. The number of nitrogens with two attached hydrogens (primary N) is 1. The molecule has 0 aliphatic carbocycles. The normalized spacial score (nSPS) is 20.1. The predicted octanol–water partition coefficient (Wildman–Crippen LogP) is 1.90. The van der Waals surface area contributed by atoms with Crippen molar-refractivity contribution in [2.24, 2.45) is 11.7 Å². The third-order valence-electron chi connectivity index (χ3n) is 4.25. The van der Waals surface area contributed by atoms with Crippen molar-refractivity contribution < 1.29 is 9.53 Å². The summed E-state index contributed by atoms with van der Waals surface area (Å²) in [6.45, 7) is 10.4. The number of ether oxygens (including phenoxy) is 1. The molecule has 5 nitrogen and oxygen atoms in total. The van der Waals surface area contributed by atoms with Gasteiger partial charge in [0.05, 0.1) is 18.8 Å². The molecular weight excluding hydrogens is 302 g/mol. The lowest BCUT2D eigenvalue weighted by atomic mass is 10.0. The Morgan fingerprint density at radius 3 is 2.88 bits per heavy atom. The van der Waals surface area contributed by atoms with Gasteiger partial charge in [0.2, 0.25) is 5.91 Å². The van der Waals surface area contributed by atoms with Crippen LogP contribution in [0.2, 0.25) is 0 Å². The van der Waals surface area contributed by atoms with Gasteiger partial charge >= 0.3 is 0 Å². The van der Waals surface area contributed by atoms with Crippen LogP contribution in [0.3, 0.4) is 0 Å². The Balaban J connectivity index is 1.85. The fourth-order valence-electron chi connectivity index (χ4n) is 3.07. The summed E-state index contributed by atoms with van der Waals surface area (Å²) in [5.74, 6) is 0.348. The van der Waals surface area contributed by atoms with E-state index in [-0.39, 0.29) is 5.91 Å². The first kappa shape index (κ1) is 18.9. The van der Waals surface area contributed by atoms with Gasteiger partial charge in [0.1, 0.15) is 0 Å². The second-order valence-electron chi connectivity index (χ2n) is 7.19. The number of benzene rings is 1. The summed E-state index contributed by atoms with van der Waals surface area (Å²) in [6.07, 6.45) is 1.00. The van der Waals surface area contributed by atoms with Gasteiger partial charge in [0.25, 0.3) is 0 Å². The standard InChI is InChI=1S/C19H31N3O2/c1-14(2)9-18(20)19(23)21-11-16-5-4-6-17(10-16)13-22-7-8-24-15(3)12-22/h4-6,10,14-15,18H,7-9,11-13,20H2,1-3H3,(H,21,23)/t15?,18-/m0/s1. The molecule has 0 aromatic heterocycles. The lowest BCUT2D eigenvalue weighted by Crippen LogP contribution is -2.41. The molecule has 1 fully saturated rings. The summed E-state index contributed by atoms with van der Waals surface area (Å²) in [6, 6.07) is 7.96. The highest BCUT2D eigenvalue weighted by Crippen LogP contribution is 2.12. The molecule has 5 heteroatoms. The van der Waals surface area contributed by atoms with E-state index < -0.39 is 6.04 Å². The Bertz CT molecular complexity index is 533. The van der Waals surface area contributed by atoms with Crippen LogP contribution >= 0.6 is 0 Å². The van der Waals surface area contributed by atoms with Crippen LogP contribution in [0.25, 0.3) is 0 Å². The molecule has 134 valence electrons. The predicted molar refractivity (Wildman–Crippen MR) is 96.4 cm³/mol. The number of rotatable bonds is 7. The zero-order valence-corrected chi connectivity index (χ0v) is 15.1. The number of hydrogen-bond donors (Lipinski definition) is 2. The van der Waals surface area contributed by atoms with E-state index in [0.717, 1.165) is 31.8 Å². The second-order valence-corrected chi connectivity index (χ2v) is 7.19. The number of nitrogens with zero attached hydrogens (tertiary/aromatic N) is 1. The highest BCUT2D eigenvalue weighted by molar-refractivity contribution is 5.81. The van der Waals surface area contributed by atoms with Crippen LogP contribution < -0.4 is 11.1 Å². The molecule has 0 saturated carbocycles. The molecule has 1 unspecified atom stereocenters. The molecule has 1 saturated heterocycles. The maximum absolute atomic E-state index is 12.0. The Labute approximate surface area is 145 Å².